The van der Waals surface area contributed by atoms with E-state index in [0.29, 0.717) is 23.7 Å². The molecule has 0 unspecified atom stereocenters. The fourth-order valence-corrected chi connectivity index (χ4v) is 10.6. The van der Waals surface area contributed by atoms with Crippen LogP contribution in [0.2, 0.25) is 0 Å². The first kappa shape index (κ1) is 14.2. The van der Waals surface area contributed by atoms with E-state index in [1.807, 2.05) is 0 Å². The lowest BCUT2D eigenvalue weighted by Gasteiger charge is -2.43. The van der Waals surface area contributed by atoms with Crippen molar-refractivity contribution in [3.8, 4) is 0 Å². The Bertz CT molecular complexity index is 734. The Morgan fingerprint density at radius 3 is 2.16 bits per heavy atom. The van der Waals surface area contributed by atoms with Gasteiger partial charge in [0, 0.05) is 5.92 Å². The van der Waals surface area contributed by atoms with Crippen LogP contribution in [0, 0.1) is 70.5 Å². The van der Waals surface area contributed by atoms with Crippen molar-refractivity contribution in [1.82, 2.24) is 0 Å². The van der Waals surface area contributed by atoms with Gasteiger partial charge in [0.15, 0.2) is 5.78 Å². The third-order valence-corrected chi connectivity index (χ3v) is 10.4. The van der Waals surface area contributed by atoms with E-state index in [0.717, 1.165) is 25.7 Å². The zero-order valence-corrected chi connectivity index (χ0v) is 14.0. The van der Waals surface area contributed by atoms with E-state index in [4.69, 9.17) is 0 Å². The van der Waals surface area contributed by atoms with E-state index in [1.165, 1.54) is 0 Å². The Kier molecular flexibility index (Phi) is 2.17. The quantitative estimate of drug-likeness (QED) is 0.611. The maximum atomic E-state index is 13.6. The maximum absolute atomic E-state index is 13.6. The van der Waals surface area contributed by atoms with Gasteiger partial charge < -0.3 is 15.3 Å². The molecular formula is C20H24O5. The summed E-state index contributed by atoms with van der Waals surface area (Å²) in [6.07, 6.45) is 2.58. The van der Waals surface area contributed by atoms with Gasteiger partial charge in [-0.2, -0.15) is 0 Å². The monoisotopic (exact) mass is 344 g/mol. The van der Waals surface area contributed by atoms with Gasteiger partial charge in [0.1, 0.15) is 5.41 Å². The predicted octanol–water partition coefficient (Wildman–Crippen LogP) is 0.782. The van der Waals surface area contributed by atoms with E-state index >= 15 is 0 Å². The lowest BCUT2D eigenvalue weighted by Crippen LogP contribution is -2.56. The number of carboxylic acid groups (broad SMARTS) is 1. The molecular weight excluding hydrogens is 320 g/mol. The Morgan fingerprint density at radius 1 is 0.800 bits per heavy atom. The van der Waals surface area contributed by atoms with E-state index in [9.17, 15) is 24.9 Å². The summed E-state index contributed by atoms with van der Waals surface area (Å²) < 4.78 is 0. The van der Waals surface area contributed by atoms with Crippen LogP contribution in [0.15, 0.2) is 0 Å². The smallest absolute Gasteiger partial charge is 0.317 e. The number of fused-ring (bicyclic) bond motifs is 2. The van der Waals surface area contributed by atoms with Gasteiger partial charge >= 0.3 is 5.97 Å². The average molecular weight is 344 g/mol. The van der Waals surface area contributed by atoms with Crippen LogP contribution < -0.4 is 0 Å². The Hall–Kier alpha value is -0.940. The summed E-state index contributed by atoms with van der Waals surface area (Å²) in [6.45, 7) is 0. The summed E-state index contributed by atoms with van der Waals surface area (Å²) >= 11 is 0. The van der Waals surface area contributed by atoms with E-state index in [2.05, 4.69) is 0 Å². The number of hydrogen-bond acceptors (Lipinski definition) is 4. The molecule has 8 bridgehead atoms. The molecule has 8 rings (SSSR count). The molecule has 0 aromatic carbocycles. The summed E-state index contributed by atoms with van der Waals surface area (Å²) in [6, 6.07) is 0. The van der Waals surface area contributed by atoms with Crippen molar-refractivity contribution in [3.63, 3.8) is 0 Å². The van der Waals surface area contributed by atoms with Crippen LogP contribution in [0.4, 0.5) is 0 Å². The Morgan fingerprint density at radius 2 is 1.44 bits per heavy atom. The van der Waals surface area contributed by atoms with Gasteiger partial charge in [0.05, 0.1) is 12.2 Å². The van der Waals surface area contributed by atoms with Gasteiger partial charge in [-0.1, -0.05) is 0 Å². The van der Waals surface area contributed by atoms with Crippen molar-refractivity contribution >= 4 is 11.8 Å². The molecule has 3 N–H and O–H groups in total. The number of aliphatic hydroxyl groups excluding tert-OH is 2. The van der Waals surface area contributed by atoms with Gasteiger partial charge in [-0.05, 0) is 84.9 Å². The second-order valence-corrected chi connectivity index (χ2v) is 10.2. The molecule has 134 valence electrons. The summed E-state index contributed by atoms with van der Waals surface area (Å²) in [5.74, 6) is 0.596. The predicted molar refractivity (Wildman–Crippen MR) is 83.9 cm³/mol. The molecule has 8 aliphatic carbocycles. The Labute approximate surface area is 145 Å². The molecule has 8 fully saturated rings. The number of carbonyl (C=O) groups excluding carboxylic acids is 1. The molecule has 8 saturated carbocycles. The standard InChI is InChI=1S/C20H24O5/c21-7-4-2-6-9(7)12-14-13-11-5-1-3-8(22)10(5)17(13)20(16(6)14,19(24)25)18(23)15(11)12/h5-17,21-22H,1-4H2,(H,24,25)/t5-,6-,7-,8+,9+,10-,11+,12-,13-,14-,15+,16+,17+,20-/m1/s1. The molecule has 0 saturated heterocycles. The topological polar surface area (TPSA) is 94.8 Å². The fourth-order valence-electron chi connectivity index (χ4n) is 10.6. The first-order valence-electron chi connectivity index (χ1n) is 10.1. The van der Waals surface area contributed by atoms with Crippen LogP contribution in [0.5, 0.6) is 0 Å². The first-order chi connectivity index (χ1) is 12.0. The van der Waals surface area contributed by atoms with Crippen LogP contribution in [0.1, 0.15) is 25.7 Å². The molecule has 5 heteroatoms. The van der Waals surface area contributed by atoms with E-state index in [1.54, 1.807) is 0 Å². The molecule has 25 heavy (non-hydrogen) atoms. The zero-order valence-electron chi connectivity index (χ0n) is 14.0. The molecule has 5 nitrogen and oxygen atoms in total. The summed E-state index contributed by atoms with van der Waals surface area (Å²) in [7, 11) is 0. The van der Waals surface area contributed by atoms with Crippen molar-refractivity contribution in [3.05, 3.63) is 0 Å². The molecule has 14 atom stereocenters. The number of carbonyl (C=O) groups is 2. The van der Waals surface area contributed by atoms with Crippen molar-refractivity contribution in [2.24, 2.45) is 70.5 Å². The van der Waals surface area contributed by atoms with Gasteiger partial charge in [0.25, 0.3) is 0 Å². The zero-order chi connectivity index (χ0) is 17.0. The van der Waals surface area contributed by atoms with Gasteiger partial charge in [-0.15, -0.1) is 0 Å². The largest absolute Gasteiger partial charge is 0.480 e. The van der Waals surface area contributed by atoms with Crippen LogP contribution in [-0.2, 0) is 9.59 Å². The lowest BCUT2D eigenvalue weighted by molar-refractivity contribution is -0.170. The highest BCUT2D eigenvalue weighted by Gasteiger charge is 2.90. The molecule has 0 spiro atoms. The SMILES string of the molecule is O=C(O)[C@@]12C(=O)[C@@H]3[C@H]4[C@H]([C@H]5[C@@H]3[C@@H]3CC[C@H](O)[C@@H]3[C@@H]51)[C@@H]2[C@@H]1CC[C@@H](O)[C@H]14. The number of aliphatic hydroxyl groups is 2. The highest BCUT2D eigenvalue weighted by atomic mass is 16.4. The van der Waals surface area contributed by atoms with Gasteiger partial charge in [-0.25, -0.2) is 0 Å². The molecule has 0 amide bonds. The number of carboxylic acids is 1. The van der Waals surface area contributed by atoms with Crippen molar-refractivity contribution < 1.29 is 24.9 Å². The van der Waals surface area contributed by atoms with Crippen LogP contribution in [0.25, 0.3) is 0 Å². The molecule has 8 aliphatic rings. The maximum Gasteiger partial charge on any atom is 0.317 e. The number of rotatable bonds is 1. The van der Waals surface area contributed by atoms with Crippen molar-refractivity contribution in [2.45, 2.75) is 37.9 Å². The number of hydrogen-bond donors (Lipinski definition) is 3. The third-order valence-electron chi connectivity index (χ3n) is 10.4. The Balaban J connectivity index is 1.51. The summed E-state index contributed by atoms with van der Waals surface area (Å²) in [5.41, 5.74) is -1.25. The highest BCUT2D eigenvalue weighted by molar-refractivity contribution is 6.08. The molecule has 0 heterocycles. The lowest BCUT2D eigenvalue weighted by atomic mass is 9.56. The molecule has 0 aromatic rings. The second-order valence-electron chi connectivity index (χ2n) is 10.2. The van der Waals surface area contributed by atoms with Gasteiger partial charge in [-0.3, -0.25) is 9.59 Å². The van der Waals surface area contributed by atoms with E-state index < -0.39 is 17.5 Å². The minimum Gasteiger partial charge on any atom is -0.480 e. The molecule has 0 aromatic heterocycles. The second kappa shape index (κ2) is 3.84. The third kappa shape index (κ3) is 1.09. The number of aliphatic carboxylic acids is 1. The molecule has 0 radical (unpaired) electrons. The number of Topliss-reactive ketones (excluding diaryl/α,β-unsaturated/α-hetero) is 1. The molecule has 0 aliphatic heterocycles. The highest BCUT2D eigenvalue weighted by Crippen LogP contribution is 2.86. The fraction of sp³-hybridized carbons (Fsp3) is 0.900. The van der Waals surface area contributed by atoms with Crippen LogP contribution in [-0.4, -0.2) is 39.3 Å². The normalized spacial score (nSPS) is 70.3. The average Bonchev–Trinajstić information content (AvgIpc) is 3.29. The van der Waals surface area contributed by atoms with Crippen molar-refractivity contribution in [2.75, 3.05) is 0 Å². The number of ketones is 1. The van der Waals surface area contributed by atoms with Crippen LogP contribution in [0.3, 0.4) is 0 Å². The summed E-state index contributed by atoms with van der Waals surface area (Å²) in [4.78, 5) is 26.3. The minimum absolute atomic E-state index is 0.00167. The van der Waals surface area contributed by atoms with Crippen molar-refractivity contribution in [1.29, 1.82) is 0 Å². The summed E-state index contributed by atoms with van der Waals surface area (Å²) in [5, 5.41) is 31.7. The first-order valence-corrected chi connectivity index (χ1v) is 10.1. The van der Waals surface area contributed by atoms with Crippen LogP contribution >= 0.6 is 0 Å². The minimum atomic E-state index is -1.25. The van der Waals surface area contributed by atoms with Gasteiger partial charge in [0.2, 0.25) is 0 Å². The van der Waals surface area contributed by atoms with E-state index in [-0.39, 0.29) is 53.3 Å².